The van der Waals surface area contributed by atoms with Gasteiger partial charge in [-0.05, 0) is 62.2 Å². The van der Waals surface area contributed by atoms with E-state index in [1.807, 2.05) is 18.3 Å². The van der Waals surface area contributed by atoms with Crippen LogP contribution in [0.1, 0.15) is 31.7 Å². The third-order valence-electron chi connectivity index (χ3n) is 6.92. The molecule has 36 heavy (non-hydrogen) atoms. The van der Waals surface area contributed by atoms with Crippen molar-refractivity contribution < 1.29 is 0 Å². The van der Waals surface area contributed by atoms with E-state index in [0.717, 1.165) is 49.9 Å². The van der Waals surface area contributed by atoms with E-state index in [-0.39, 0.29) is 0 Å². The molecule has 8 nitrogen and oxygen atoms in total. The molecule has 4 heterocycles. The molecule has 0 radical (unpaired) electrons. The number of aromatic nitrogens is 3. The summed E-state index contributed by atoms with van der Waals surface area (Å²) < 4.78 is 0. The summed E-state index contributed by atoms with van der Waals surface area (Å²) in [4.78, 5) is 21.1. The maximum Gasteiger partial charge on any atom is 0.232 e. The molecule has 0 saturated carbocycles. The Morgan fingerprint density at radius 3 is 2.47 bits per heavy atom. The number of rotatable bonds is 6. The Bertz CT molecular complexity index is 1140. The molecule has 0 bridgehead atoms. The third-order valence-corrected chi connectivity index (χ3v) is 7.17. The highest BCUT2D eigenvalue weighted by Crippen LogP contribution is 2.28. The molecule has 1 aromatic carbocycles. The Morgan fingerprint density at radius 2 is 1.72 bits per heavy atom. The van der Waals surface area contributed by atoms with Crippen LogP contribution < -0.4 is 25.3 Å². The molecular formula is C27H34N8S. The van der Waals surface area contributed by atoms with Crippen LogP contribution in [0.4, 0.5) is 23.3 Å². The first kappa shape index (κ1) is 24.2. The molecule has 2 aliphatic rings. The number of benzene rings is 1. The van der Waals surface area contributed by atoms with Gasteiger partial charge in [0.15, 0.2) is 5.11 Å². The van der Waals surface area contributed by atoms with Crippen LogP contribution in [0.25, 0.3) is 0 Å². The summed E-state index contributed by atoms with van der Waals surface area (Å²) in [6.07, 6.45) is 7.24. The molecule has 1 atom stereocenters. The quantitative estimate of drug-likeness (QED) is 0.486. The maximum atomic E-state index is 5.57. The first-order valence-corrected chi connectivity index (χ1v) is 13.2. The zero-order chi connectivity index (χ0) is 24.7. The van der Waals surface area contributed by atoms with Crippen LogP contribution in [-0.4, -0.2) is 58.8 Å². The molecule has 2 N–H and O–H groups in total. The first-order chi connectivity index (χ1) is 17.7. The van der Waals surface area contributed by atoms with E-state index in [9.17, 15) is 0 Å². The van der Waals surface area contributed by atoms with E-state index >= 15 is 0 Å². The molecule has 0 spiro atoms. The Hall–Kier alpha value is -3.46. The summed E-state index contributed by atoms with van der Waals surface area (Å²) in [6.45, 7) is 7.62. The predicted octanol–water partition coefficient (Wildman–Crippen LogP) is 4.06. The van der Waals surface area contributed by atoms with Crippen molar-refractivity contribution in [2.45, 2.75) is 38.8 Å². The number of piperidine rings is 1. The highest BCUT2D eigenvalue weighted by Gasteiger charge is 2.24. The number of hydrogen-bond donors (Lipinski definition) is 2. The van der Waals surface area contributed by atoms with E-state index in [1.54, 1.807) is 6.20 Å². The summed E-state index contributed by atoms with van der Waals surface area (Å²) in [5.74, 6) is 2.45. The fourth-order valence-corrected chi connectivity index (χ4v) is 5.05. The molecule has 188 valence electrons. The predicted molar refractivity (Wildman–Crippen MR) is 151 cm³/mol. The van der Waals surface area contributed by atoms with Gasteiger partial charge in [0, 0.05) is 69.5 Å². The largest absolute Gasteiger partial charge is 0.368 e. The molecule has 5 rings (SSSR count). The van der Waals surface area contributed by atoms with Crippen molar-refractivity contribution in [2.75, 3.05) is 52.7 Å². The summed E-state index contributed by atoms with van der Waals surface area (Å²) >= 11 is 5.57. The Morgan fingerprint density at radius 1 is 0.944 bits per heavy atom. The number of hydrogen-bond acceptors (Lipinski definition) is 7. The Kier molecular flexibility index (Phi) is 7.76. The first-order valence-electron chi connectivity index (χ1n) is 12.8. The van der Waals surface area contributed by atoms with Crippen LogP contribution in [0.3, 0.4) is 0 Å². The van der Waals surface area contributed by atoms with Crippen molar-refractivity contribution in [1.29, 1.82) is 0 Å². The van der Waals surface area contributed by atoms with Crippen LogP contribution >= 0.6 is 12.2 Å². The molecular weight excluding hydrogens is 468 g/mol. The van der Waals surface area contributed by atoms with Crippen LogP contribution in [0.5, 0.6) is 0 Å². The van der Waals surface area contributed by atoms with Crippen molar-refractivity contribution in [1.82, 2.24) is 20.3 Å². The second kappa shape index (κ2) is 11.5. The van der Waals surface area contributed by atoms with E-state index < -0.39 is 0 Å². The Labute approximate surface area is 218 Å². The van der Waals surface area contributed by atoms with Crippen LogP contribution in [0.2, 0.25) is 0 Å². The minimum Gasteiger partial charge on any atom is -0.368 e. The van der Waals surface area contributed by atoms with Gasteiger partial charge in [-0.1, -0.05) is 24.3 Å². The van der Waals surface area contributed by atoms with Crippen molar-refractivity contribution in [3.63, 3.8) is 0 Å². The van der Waals surface area contributed by atoms with Gasteiger partial charge in [0.2, 0.25) is 5.95 Å². The minimum atomic E-state index is 0.458. The van der Waals surface area contributed by atoms with Crippen LogP contribution in [0.15, 0.2) is 60.9 Å². The molecule has 0 amide bonds. The van der Waals surface area contributed by atoms with Crippen molar-refractivity contribution in [2.24, 2.45) is 0 Å². The zero-order valence-corrected chi connectivity index (χ0v) is 21.6. The molecule has 2 aliphatic heterocycles. The standard InChI is InChI=1S/C27H34N8S/c1-21-8-5-6-13-35(21)25-18-24(34-16-14-33(15-17-34)23-10-3-2-4-11-23)30-26(31-25)32-27(36)29-20-22-9-7-12-28-19-22/h2-4,7,9-12,18-19,21H,5-6,8,13-17,20H2,1H3,(H2,29,30,31,32,36). The van der Waals surface area contributed by atoms with Crippen LogP contribution in [-0.2, 0) is 6.54 Å². The average molecular weight is 503 g/mol. The monoisotopic (exact) mass is 502 g/mol. The second-order valence-corrected chi connectivity index (χ2v) is 9.83. The smallest absolute Gasteiger partial charge is 0.232 e. The summed E-state index contributed by atoms with van der Waals surface area (Å²) in [5.41, 5.74) is 2.34. The van der Waals surface area contributed by atoms with Gasteiger partial charge in [-0.3, -0.25) is 4.98 Å². The molecule has 1 unspecified atom stereocenters. The van der Waals surface area contributed by atoms with Gasteiger partial charge < -0.3 is 25.3 Å². The lowest BCUT2D eigenvalue weighted by Crippen LogP contribution is -2.47. The highest BCUT2D eigenvalue weighted by molar-refractivity contribution is 7.80. The summed E-state index contributed by atoms with van der Waals surface area (Å²) in [5, 5.41) is 6.98. The fraction of sp³-hybridized carbons (Fsp3) is 0.407. The van der Waals surface area contributed by atoms with Crippen molar-refractivity contribution in [3.05, 3.63) is 66.5 Å². The number of nitrogens with zero attached hydrogens (tertiary/aromatic N) is 6. The van der Waals surface area contributed by atoms with Gasteiger partial charge in [0.1, 0.15) is 11.6 Å². The summed E-state index contributed by atoms with van der Waals surface area (Å²) in [6, 6.07) is 17.2. The SMILES string of the molecule is CC1CCCCN1c1cc(N2CCN(c3ccccc3)CC2)nc(NC(=S)NCc2cccnc2)n1. The fourth-order valence-electron chi connectivity index (χ4n) is 4.89. The van der Waals surface area contributed by atoms with Gasteiger partial charge in [0.05, 0.1) is 0 Å². The minimum absolute atomic E-state index is 0.458. The van der Waals surface area contributed by atoms with Gasteiger partial charge >= 0.3 is 0 Å². The topological polar surface area (TPSA) is 72.5 Å². The van der Waals surface area contributed by atoms with Crippen LogP contribution in [0, 0.1) is 0 Å². The lowest BCUT2D eigenvalue weighted by atomic mass is 10.0. The van der Waals surface area contributed by atoms with Crippen molar-refractivity contribution in [3.8, 4) is 0 Å². The number of para-hydroxylation sites is 1. The number of anilines is 4. The summed E-state index contributed by atoms with van der Waals surface area (Å²) in [7, 11) is 0. The van der Waals surface area contributed by atoms with E-state index in [4.69, 9.17) is 22.2 Å². The lowest BCUT2D eigenvalue weighted by Gasteiger charge is -2.38. The van der Waals surface area contributed by atoms with Gasteiger partial charge in [-0.2, -0.15) is 9.97 Å². The lowest BCUT2D eigenvalue weighted by molar-refractivity contribution is 0.481. The highest BCUT2D eigenvalue weighted by atomic mass is 32.1. The number of nitrogens with one attached hydrogen (secondary N) is 2. The van der Waals surface area contributed by atoms with E-state index in [1.165, 1.54) is 24.9 Å². The normalized spacial score (nSPS) is 18.1. The van der Waals surface area contributed by atoms with Gasteiger partial charge in [-0.25, -0.2) is 0 Å². The Balaban J connectivity index is 1.31. The third kappa shape index (κ3) is 6.02. The van der Waals surface area contributed by atoms with Gasteiger partial charge in [0.25, 0.3) is 0 Å². The molecule has 0 aliphatic carbocycles. The van der Waals surface area contributed by atoms with Crippen molar-refractivity contribution >= 4 is 40.6 Å². The zero-order valence-electron chi connectivity index (χ0n) is 20.8. The maximum absolute atomic E-state index is 5.57. The average Bonchev–Trinajstić information content (AvgIpc) is 2.93. The molecule has 2 saturated heterocycles. The molecule has 3 aromatic rings. The van der Waals surface area contributed by atoms with E-state index in [0.29, 0.717) is 23.6 Å². The number of pyridine rings is 1. The molecule has 9 heteroatoms. The number of piperazine rings is 1. The van der Waals surface area contributed by atoms with E-state index in [2.05, 4.69) is 73.6 Å². The number of thiocarbonyl (C=S) groups is 1. The molecule has 2 aromatic heterocycles. The molecule has 2 fully saturated rings. The van der Waals surface area contributed by atoms with Gasteiger partial charge in [-0.15, -0.1) is 0 Å². The second-order valence-electron chi connectivity index (χ2n) is 9.42.